The third-order valence-electron chi connectivity index (χ3n) is 3.18. The van der Waals surface area contributed by atoms with Gasteiger partial charge in [0.2, 0.25) is 0 Å². The average Bonchev–Trinajstić information content (AvgIpc) is 2.46. The van der Waals surface area contributed by atoms with E-state index in [1.807, 2.05) is 37.3 Å². The van der Waals surface area contributed by atoms with Gasteiger partial charge in [-0.05, 0) is 18.6 Å². The number of aromatic nitrogens is 3. The highest BCUT2D eigenvalue weighted by Gasteiger charge is 2.09. The van der Waals surface area contributed by atoms with E-state index in [9.17, 15) is 4.79 Å². The number of pyridine rings is 1. The number of rotatable bonds is 2. The number of benzene rings is 1. The molecule has 94 valence electrons. The van der Waals surface area contributed by atoms with Crippen molar-refractivity contribution in [2.24, 2.45) is 0 Å². The molecule has 0 radical (unpaired) electrons. The molecule has 4 nitrogen and oxygen atoms in total. The summed E-state index contributed by atoms with van der Waals surface area (Å²) >= 11 is 0. The Morgan fingerprint density at radius 1 is 1.21 bits per heavy atom. The summed E-state index contributed by atoms with van der Waals surface area (Å²) in [4.78, 5) is 23.0. The molecule has 2 heterocycles. The van der Waals surface area contributed by atoms with Crippen LogP contribution in [0.2, 0.25) is 0 Å². The van der Waals surface area contributed by atoms with Gasteiger partial charge in [-0.1, -0.05) is 25.1 Å². The molecule has 2 aromatic heterocycles. The van der Waals surface area contributed by atoms with Crippen molar-refractivity contribution in [3.63, 3.8) is 0 Å². The van der Waals surface area contributed by atoms with Gasteiger partial charge in [0.1, 0.15) is 0 Å². The molecule has 0 spiro atoms. The fourth-order valence-corrected chi connectivity index (χ4v) is 2.22. The predicted molar refractivity (Wildman–Crippen MR) is 75.0 cm³/mol. The van der Waals surface area contributed by atoms with Crippen LogP contribution in [0.5, 0.6) is 0 Å². The first-order valence-electron chi connectivity index (χ1n) is 6.21. The van der Waals surface area contributed by atoms with Gasteiger partial charge >= 0.3 is 0 Å². The number of nitrogens with one attached hydrogen (secondary N) is 1. The summed E-state index contributed by atoms with van der Waals surface area (Å²) in [5, 5.41) is 1.08. The molecule has 0 unspecified atom stereocenters. The van der Waals surface area contributed by atoms with Gasteiger partial charge in [0.05, 0.1) is 17.5 Å². The van der Waals surface area contributed by atoms with Crippen molar-refractivity contribution in [2.75, 3.05) is 0 Å². The van der Waals surface area contributed by atoms with E-state index in [0.29, 0.717) is 12.0 Å². The van der Waals surface area contributed by atoms with E-state index >= 15 is 0 Å². The largest absolute Gasteiger partial charge is 0.313 e. The Morgan fingerprint density at radius 2 is 2.11 bits per heavy atom. The second kappa shape index (κ2) is 4.65. The maximum atomic E-state index is 11.8. The standard InChI is InChI=1S/C15H13N3O/c1-2-12-14(17-9-18-15(12)19)11-6-5-10-4-3-7-16-13(10)8-11/h3-9H,2H2,1H3,(H,17,18,19). The van der Waals surface area contributed by atoms with E-state index in [1.54, 1.807) is 6.20 Å². The number of hydrogen-bond acceptors (Lipinski definition) is 3. The molecule has 0 aliphatic carbocycles. The molecule has 1 aromatic carbocycles. The van der Waals surface area contributed by atoms with Crippen molar-refractivity contribution >= 4 is 10.9 Å². The second-order valence-corrected chi connectivity index (χ2v) is 4.32. The number of fused-ring (bicyclic) bond motifs is 1. The lowest BCUT2D eigenvalue weighted by molar-refractivity contribution is 1.01. The zero-order chi connectivity index (χ0) is 13.2. The smallest absolute Gasteiger partial charge is 0.254 e. The van der Waals surface area contributed by atoms with Crippen molar-refractivity contribution < 1.29 is 0 Å². The van der Waals surface area contributed by atoms with Crippen LogP contribution in [-0.2, 0) is 6.42 Å². The Morgan fingerprint density at radius 3 is 2.95 bits per heavy atom. The summed E-state index contributed by atoms with van der Waals surface area (Å²) in [7, 11) is 0. The van der Waals surface area contributed by atoms with E-state index in [4.69, 9.17) is 0 Å². The van der Waals surface area contributed by atoms with Crippen molar-refractivity contribution in [3.8, 4) is 11.3 Å². The van der Waals surface area contributed by atoms with Gasteiger partial charge in [-0.15, -0.1) is 0 Å². The Bertz CT molecular complexity index is 792. The molecule has 3 rings (SSSR count). The van der Waals surface area contributed by atoms with Crippen LogP contribution < -0.4 is 5.56 Å². The Labute approximate surface area is 110 Å². The highest BCUT2D eigenvalue weighted by Crippen LogP contribution is 2.23. The highest BCUT2D eigenvalue weighted by atomic mass is 16.1. The van der Waals surface area contributed by atoms with Crippen molar-refractivity contribution in [3.05, 3.63) is 58.8 Å². The molecule has 3 aromatic rings. The number of hydrogen-bond donors (Lipinski definition) is 1. The molecule has 0 amide bonds. The van der Waals surface area contributed by atoms with Gasteiger partial charge in [0.15, 0.2) is 0 Å². The van der Waals surface area contributed by atoms with Crippen LogP contribution in [0.4, 0.5) is 0 Å². The van der Waals surface area contributed by atoms with Crippen LogP contribution >= 0.6 is 0 Å². The predicted octanol–water partition coefficient (Wildman–Crippen LogP) is 2.55. The molecular formula is C15H13N3O. The van der Waals surface area contributed by atoms with Crippen molar-refractivity contribution in [1.82, 2.24) is 15.0 Å². The lowest BCUT2D eigenvalue weighted by Crippen LogP contribution is -2.14. The van der Waals surface area contributed by atoms with Crippen LogP contribution in [0.25, 0.3) is 22.2 Å². The van der Waals surface area contributed by atoms with Crippen LogP contribution in [0, 0.1) is 0 Å². The van der Waals surface area contributed by atoms with Crippen LogP contribution in [0.15, 0.2) is 47.7 Å². The normalized spacial score (nSPS) is 10.8. The summed E-state index contributed by atoms with van der Waals surface area (Å²) in [5.41, 5.74) is 3.20. The lowest BCUT2D eigenvalue weighted by Gasteiger charge is -2.06. The summed E-state index contributed by atoms with van der Waals surface area (Å²) in [6.45, 7) is 1.95. The first-order valence-corrected chi connectivity index (χ1v) is 6.21. The zero-order valence-electron chi connectivity index (χ0n) is 10.6. The maximum Gasteiger partial charge on any atom is 0.254 e. The third-order valence-corrected chi connectivity index (χ3v) is 3.18. The molecule has 0 saturated carbocycles. The summed E-state index contributed by atoms with van der Waals surface area (Å²) in [6, 6.07) is 9.87. The average molecular weight is 251 g/mol. The molecule has 0 bridgehead atoms. The molecule has 19 heavy (non-hydrogen) atoms. The zero-order valence-corrected chi connectivity index (χ0v) is 10.6. The van der Waals surface area contributed by atoms with Gasteiger partial charge in [-0.25, -0.2) is 4.98 Å². The molecule has 4 heteroatoms. The molecule has 0 saturated heterocycles. The van der Waals surface area contributed by atoms with E-state index < -0.39 is 0 Å². The van der Waals surface area contributed by atoms with Crippen LogP contribution in [0.1, 0.15) is 12.5 Å². The number of H-pyrrole nitrogens is 1. The minimum absolute atomic E-state index is 0.0754. The van der Waals surface area contributed by atoms with Crippen molar-refractivity contribution in [2.45, 2.75) is 13.3 Å². The second-order valence-electron chi connectivity index (χ2n) is 4.32. The Hall–Kier alpha value is -2.49. The molecular weight excluding hydrogens is 238 g/mol. The van der Waals surface area contributed by atoms with Crippen molar-refractivity contribution in [1.29, 1.82) is 0 Å². The number of nitrogens with zero attached hydrogens (tertiary/aromatic N) is 2. The SMILES string of the molecule is CCc1c(-c2ccc3cccnc3c2)nc[nH]c1=O. The van der Waals surface area contributed by atoms with Gasteiger partial charge in [0, 0.05) is 22.7 Å². The maximum absolute atomic E-state index is 11.8. The quantitative estimate of drug-likeness (QED) is 0.761. The third kappa shape index (κ3) is 2.01. The van der Waals surface area contributed by atoms with Crippen LogP contribution in [0.3, 0.4) is 0 Å². The first kappa shape index (κ1) is 11.6. The topological polar surface area (TPSA) is 58.6 Å². The summed E-state index contributed by atoms with van der Waals surface area (Å²) < 4.78 is 0. The van der Waals surface area contributed by atoms with E-state index in [1.165, 1.54) is 6.33 Å². The Kier molecular flexibility index (Phi) is 2.83. The minimum atomic E-state index is -0.0754. The lowest BCUT2D eigenvalue weighted by atomic mass is 10.0. The van der Waals surface area contributed by atoms with Gasteiger partial charge in [-0.2, -0.15) is 0 Å². The van der Waals surface area contributed by atoms with E-state index in [0.717, 1.165) is 22.2 Å². The van der Waals surface area contributed by atoms with E-state index in [2.05, 4.69) is 15.0 Å². The van der Waals surface area contributed by atoms with Gasteiger partial charge < -0.3 is 4.98 Å². The fourth-order valence-electron chi connectivity index (χ4n) is 2.22. The molecule has 0 aliphatic rings. The highest BCUT2D eigenvalue weighted by molar-refractivity contribution is 5.83. The molecule has 1 N–H and O–H groups in total. The molecule has 0 atom stereocenters. The summed E-state index contributed by atoms with van der Waals surface area (Å²) in [5.74, 6) is 0. The molecule has 0 aliphatic heterocycles. The van der Waals surface area contributed by atoms with Gasteiger partial charge in [0.25, 0.3) is 5.56 Å². The minimum Gasteiger partial charge on any atom is -0.313 e. The molecule has 0 fully saturated rings. The number of aromatic amines is 1. The van der Waals surface area contributed by atoms with Crippen LogP contribution in [-0.4, -0.2) is 15.0 Å². The first-order chi connectivity index (χ1) is 9.29. The Balaban J connectivity index is 2.25. The van der Waals surface area contributed by atoms with E-state index in [-0.39, 0.29) is 5.56 Å². The fraction of sp³-hybridized carbons (Fsp3) is 0.133. The van der Waals surface area contributed by atoms with Gasteiger partial charge in [-0.3, -0.25) is 9.78 Å². The monoisotopic (exact) mass is 251 g/mol. The summed E-state index contributed by atoms with van der Waals surface area (Å²) in [6.07, 6.45) is 3.86.